The van der Waals surface area contributed by atoms with E-state index in [4.69, 9.17) is 0 Å². The van der Waals surface area contributed by atoms with E-state index in [-0.39, 0.29) is 5.91 Å². The van der Waals surface area contributed by atoms with Crippen LogP contribution in [0.2, 0.25) is 0 Å². The zero-order valence-electron chi connectivity index (χ0n) is 14.2. The molecule has 0 spiro atoms. The first-order valence-corrected chi connectivity index (χ1v) is 9.17. The van der Waals surface area contributed by atoms with Crippen LogP contribution in [0.15, 0.2) is 35.7 Å². The number of rotatable bonds is 4. The Morgan fingerprint density at radius 2 is 1.73 bits per heavy atom. The number of carbonyl (C=O) groups is 2. The number of amides is 2. The molecule has 1 saturated heterocycles. The minimum atomic E-state index is -0.808. The second kappa shape index (κ2) is 7.92. The summed E-state index contributed by atoms with van der Waals surface area (Å²) in [5.74, 6) is -2.11. The highest BCUT2D eigenvalue weighted by Gasteiger charge is 2.28. The molecule has 138 valence electrons. The second-order valence-corrected chi connectivity index (χ2v) is 7.02. The van der Waals surface area contributed by atoms with Crippen LogP contribution in [-0.2, 0) is 4.79 Å². The maximum atomic E-state index is 13.7. The molecule has 0 aliphatic carbocycles. The number of halogens is 2. The van der Waals surface area contributed by atoms with Crippen molar-refractivity contribution in [2.45, 2.75) is 13.0 Å². The molecule has 2 amide bonds. The quantitative estimate of drug-likeness (QED) is 0.889. The van der Waals surface area contributed by atoms with Gasteiger partial charge in [-0.25, -0.2) is 8.78 Å². The lowest BCUT2D eigenvalue weighted by molar-refractivity contribution is -0.121. The molecule has 1 atom stereocenters. The lowest BCUT2D eigenvalue weighted by Crippen LogP contribution is -2.54. The van der Waals surface area contributed by atoms with E-state index in [0.717, 1.165) is 12.1 Å². The van der Waals surface area contributed by atoms with Crippen molar-refractivity contribution in [1.29, 1.82) is 0 Å². The summed E-state index contributed by atoms with van der Waals surface area (Å²) in [5.41, 5.74) is -0.434. The number of benzene rings is 1. The molecule has 5 nitrogen and oxygen atoms in total. The summed E-state index contributed by atoms with van der Waals surface area (Å²) in [6.45, 7) is 3.73. The van der Waals surface area contributed by atoms with Gasteiger partial charge in [0.1, 0.15) is 17.3 Å². The summed E-state index contributed by atoms with van der Waals surface area (Å²) >= 11 is 1.40. The molecule has 1 aliphatic heterocycles. The number of nitrogens with one attached hydrogen (secondary N) is 1. The Morgan fingerprint density at radius 1 is 1.08 bits per heavy atom. The smallest absolute Gasteiger partial charge is 0.264 e. The zero-order chi connectivity index (χ0) is 18.7. The Hall–Kier alpha value is -2.32. The molecule has 1 aliphatic rings. The topological polar surface area (TPSA) is 52.7 Å². The van der Waals surface area contributed by atoms with E-state index in [9.17, 15) is 18.4 Å². The Bertz CT molecular complexity index is 769. The van der Waals surface area contributed by atoms with Gasteiger partial charge in [-0.3, -0.25) is 14.5 Å². The third-order valence-corrected chi connectivity index (χ3v) is 5.33. The van der Waals surface area contributed by atoms with Crippen LogP contribution in [0.1, 0.15) is 16.6 Å². The highest BCUT2D eigenvalue weighted by molar-refractivity contribution is 7.12. The normalized spacial score (nSPS) is 16.3. The molecule has 2 aromatic rings. The van der Waals surface area contributed by atoms with E-state index >= 15 is 0 Å². The minimum absolute atomic E-state index is 0.00909. The Morgan fingerprint density at radius 3 is 2.31 bits per heavy atom. The summed E-state index contributed by atoms with van der Waals surface area (Å²) in [5, 5.41) is 4.18. The molecule has 0 saturated carbocycles. The third kappa shape index (κ3) is 3.91. The fourth-order valence-electron chi connectivity index (χ4n) is 2.88. The van der Waals surface area contributed by atoms with Gasteiger partial charge in [0.25, 0.3) is 5.91 Å². The van der Waals surface area contributed by atoms with Gasteiger partial charge in [-0.05, 0) is 30.5 Å². The van der Waals surface area contributed by atoms with Gasteiger partial charge in [0.05, 0.1) is 10.9 Å². The molecule has 1 aromatic carbocycles. The molecule has 1 unspecified atom stereocenters. The summed E-state index contributed by atoms with van der Waals surface area (Å²) in [4.78, 5) is 29.0. The van der Waals surface area contributed by atoms with E-state index in [2.05, 4.69) is 5.32 Å². The number of para-hydroxylation sites is 1. The SMILES string of the molecule is CC(C(=O)Nc1c(F)cccc1F)N1CCN(C(=O)c2cccs2)CC1. The fraction of sp³-hybridized carbons (Fsp3) is 0.333. The van der Waals surface area contributed by atoms with Crippen LogP contribution in [0.25, 0.3) is 0 Å². The maximum absolute atomic E-state index is 13.7. The first-order valence-electron chi connectivity index (χ1n) is 8.29. The predicted octanol–water partition coefficient (Wildman–Crippen LogP) is 2.81. The number of piperazine rings is 1. The van der Waals surface area contributed by atoms with Gasteiger partial charge in [-0.1, -0.05) is 12.1 Å². The van der Waals surface area contributed by atoms with Gasteiger partial charge in [0, 0.05) is 26.2 Å². The minimum Gasteiger partial charge on any atom is -0.335 e. The molecular weight excluding hydrogens is 360 g/mol. The lowest BCUT2D eigenvalue weighted by Gasteiger charge is -2.37. The number of thiophene rings is 1. The van der Waals surface area contributed by atoms with Gasteiger partial charge in [-0.15, -0.1) is 11.3 Å². The van der Waals surface area contributed by atoms with Crippen LogP contribution in [0, 0.1) is 11.6 Å². The van der Waals surface area contributed by atoms with E-state index in [1.807, 2.05) is 16.3 Å². The molecule has 8 heteroatoms. The van der Waals surface area contributed by atoms with Crippen molar-refractivity contribution in [3.63, 3.8) is 0 Å². The number of nitrogens with zero attached hydrogens (tertiary/aromatic N) is 2. The fourth-order valence-corrected chi connectivity index (χ4v) is 3.57. The van der Waals surface area contributed by atoms with Gasteiger partial charge in [-0.2, -0.15) is 0 Å². The van der Waals surface area contributed by atoms with Crippen molar-refractivity contribution < 1.29 is 18.4 Å². The largest absolute Gasteiger partial charge is 0.335 e. The number of hydrogen-bond donors (Lipinski definition) is 1. The van der Waals surface area contributed by atoms with E-state index in [0.29, 0.717) is 31.1 Å². The van der Waals surface area contributed by atoms with E-state index in [1.54, 1.807) is 17.9 Å². The first kappa shape index (κ1) is 18.5. The summed E-state index contributed by atoms with van der Waals surface area (Å²) in [6, 6.07) is 6.50. The molecule has 1 fully saturated rings. The van der Waals surface area contributed by atoms with Crippen molar-refractivity contribution in [2.24, 2.45) is 0 Å². The summed E-state index contributed by atoms with van der Waals surface area (Å²) in [7, 11) is 0. The standard InChI is InChI=1S/C18H19F2N3O2S/c1-12(17(24)21-16-13(19)4-2-5-14(16)20)22-7-9-23(10-8-22)18(25)15-6-3-11-26-15/h2-6,11-12H,7-10H2,1H3,(H,21,24). The van der Waals surface area contributed by atoms with Crippen LogP contribution in [-0.4, -0.2) is 53.8 Å². The Labute approximate surface area is 154 Å². The highest BCUT2D eigenvalue weighted by Crippen LogP contribution is 2.19. The Kier molecular flexibility index (Phi) is 5.63. The molecular formula is C18H19F2N3O2S. The van der Waals surface area contributed by atoms with Crippen molar-refractivity contribution in [2.75, 3.05) is 31.5 Å². The van der Waals surface area contributed by atoms with Crippen LogP contribution in [0.3, 0.4) is 0 Å². The van der Waals surface area contributed by atoms with Gasteiger partial charge in [0.2, 0.25) is 5.91 Å². The van der Waals surface area contributed by atoms with Gasteiger partial charge < -0.3 is 10.2 Å². The molecule has 0 radical (unpaired) electrons. The summed E-state index contributed by atoms with van der Waals surface area (Å²) in [6.07, 6.45) is 0. The van der Waals surface area contributed by atoms with Crippen LogP contribution >= 0.6 is 11.3 Å². The third-order valence-electron chi connectivity index (χ3n) is 4.47. The lowest BCUT2D eigenvalue weighted by atomic mass is 10.2. The molecule has 3 rings (SSSR count). The van der Waals surface area contributed by atoms with Crippen molar-refractivity contribution in [3.8, 4) is 0 Å². The predicted molar refractivity (Wildman–Crippen MR) is 96.2 cm³/mol. The second-order valence-electron chi connectivity index (χ2n) is 6.07. The van der Waals surface area contributed by atoms with Crippen molar-refractivity contribution >= 4 is 28.8 Å². The number of hydrogen-bond acceptors (Lipinski definition) is 4. The monoisotopic (exact) mass is 379 g/mol. The van der Waals surface area contributed by atoms with Crippen molar-refractivity contribution in [3.05, 3.63) is 52.2 Å². The Balaban J connectivity index is 1.57. The molecule has 0 bridgehead atoms. The first-order chi connectivity index (χ1) is 12.5. The average Bonchev–Trinajstić information content (AvgIpc) is 3.18. The maximum Gasteiger partial charge on any atom is 0.264 e. The zero-order valence-corrected chi connectivity index (χ0v) is 15.1. The van der Waals surface area contributed by atoms with Gasteiger partial charge >= 0.3 is 0 Å². The molecule has 26 heavy (non-hydrogen) atoms. The molecule has 2 heterocycles. The van der Waals surface area contributed by atoms with E-state index < -0.39 is 29.3 Å². The number of carbonyl (C=O) groups excluding carboxylic acids is 2. The van der Waals surface area contributed by atoms with Crippen LogP contribution in [0.5, 0.6) is 0 Å². The van der Waals surface area contributed by atoms with Crippen LogP contribution in [0.4, 0.5) is 14.5 Å². The highest BCUT2D eigenvalue weighted by atomic mass is 32.1. The molecule has 1 N–H and O–H groups in total. The van der Waals surface area contributed by atoms with Gasteiger partial charge in [0.15, 0.2) is 0 Å². The number of anilines is 1. The molecule has 1 aromatic heterocycles. The van der Waals surface area contributed by atoms with E-state index in [1.165, 1.54) is 17.4 Å². The summed E-state index contributed by atoms with van der Waals surface area (Å²) < 4.78 is 27.4. The van der Waals surface area contributed by atoms with Crippen molar-refractivity contribution in [1.82, 2.24) is 9.80 Å². The van der Waals surface area contributed by atoms with Crippen LogP contribution < -0.4 is 5.32 Å². The average molecular weight is 379 g/mol.